The van der Waals surface area contributed by atoms with Gasteiger partial charge in [0.15, 0.2) is 0 Å². The normalized spacial score (nSPS) is 32.6. The lowest BCUT2D eigenvalue weighted by Crippen LogP contribution is -2.53. The molecule has 2 aliphatic heterocycles. The van der Waals surface area contributed by atoms with Crippen LogP contribution < -0.4 is 10.6 Å². The molecule has 1 saturated carbocycles. The topological polar surface area (TPSA) is 49.4 Å². The standard InChI is InChI=1S/C21H34N4O/c1-16(17-5-9-22-10-6-17)25-12-7-18(8-13-25)24-20-4-2-3-19(20)21-15-26-14-11-23-21/h5-6,9-10,16,18-21,23-24H,2-4,7-8,11-15H2,1H3. The van der Waals surface area contributed by atoms with Crippen molar-refractivity contribution in [3.63, 3.8) is 0 Å². The van der Waals surface area contributed by atoms with Crippen molar-refractivity contribution in [3.05, 3.63) is 30.1 Å². The molecule has 2 saturated heterocycles. The minimum atomic E-state index is 0.488. The lowest BCUT2D eigenvalue weighted by Gasteiger charge is -2.39. The molecular weight excluding hydrogens is 324 g/mol. The second kappa shape index (κ2) is 8.79. The Labute approximate surface area is 157 Å². The molecule has 0 radical (unpaired) electrons. The summed E-state index contributed by atoms with van der Waals surface area (Å²) in [5.41, 5.74) is 1.38. The summed E-state index contributed by atoms with van der Waals surface area (Å²) in [6, 6.07) is 6.68. The van der Waals surface area contributed by atoms with E-state index in [4.69, 9.17) is 4.74 Å². The van der Waals surface area contributed by atoms with E-state index in [2.05, 4.69) is 39.6 Å². The van der Waals surface area contributed by atoms with Crippen LogP contribution in [-0.4, -0.2) is 60.9 Å². The van der Waals surface area contributed by atoms with Gasteiger partial charge in [-0.1, -0.05) is 6.42 Å². The maximum Gasteiger partial charge on any atom is 0.0623 e. The fourth-order valence-electron chi connectivity index (χ4n) is 5.15. The number of piperidine rings is 1. The van der Waals surface area contributed by atoms with E-state index in [1.807, 2.05) is 12.4 Å². The summed E-state index contributed by atoms with van der Waals surface area (Å²) in [5, 5.41) is 7.72. The molecule has 3 aliphatic rings. The molecule has 144 valence electrons. The molecule has 0 amide bonds. The highest BCUT2D eigenvalue weighted by Crippen LogP contribution is 2.31. The van der Waals surface area contributed by atoms with Crippen molar-refractivity contribution >= 4 is 0 Å². The van der Waals surface area contributed by atoms with Gasteiger partial charge in [0.25, 0.3) is 0 Å². The van der Waals surface area contributed by atoms with Crippen molar-refractivity contribution in [2.75, 3.05) is 32.8 Å². The summed E-state index contributed by atoms with van der Waals surface area (Å²) in [7, 11) is 0. The first-order valence-electron chi connectivity index (χ1n) is 10.5. The van der Waals surface area contributed by atoms with Crippen LogP contribution >= 0.6 is 0 Å². The van der Waals surface area contributed by atoms with Crippen LogP contribution in [0.3, 0.4) is 0 Å². The lowest BCUT2D eigenvalue weighted by atomic mass is 9.92. The molecule has 0 aromatic carbocycles. The zero-order valence-corrected chi connectivity index (χ0v) is 16.1. The monoisotopic (exact) mass is 358 g/mol. The molecule has 0 bridgehead atoms. The number of likely N-dealkylation sites (tertiary alicyclic amines) is 1. The summed E-state index contributed by atoms with van der Waals surface area (Å²) in [6.07, 6.45) is 10.4. The maximum atomic E-state index is 5.71. The SMILES string of the molecule is CC(c1ccncc1)N1CCC(NC2CCCC2C2COCCN2)CC1. The van der Waals surface area contributed by atoms with Crippen LogP contribution in [0, 0.1) is 5.92 Å². The van der Waals surface area contributed by atoms with Gasteiger partial charge in [0.05, 0.1) is 13.2 Å². The Kier molecular flexibility index (Phi) is 6.20. The number of aromatic nitrogens is 1. The first-order valence-corrected chi connectivity index (χ1v) is 10.5. The lowest BCUT2D eigenvalue weighted by molar-refractivity contribution is 0.0502. The molecular formula is C21H34N4O. The molecule has 2 N–H and O–H groups in total. The van der Waals surface area contributed by atoms with Crippen molar-refractivity contribution in [2.24, 2.45) is 5.92 Å². The number of nitrogens with zero attached hydrogens (tertiary/aromatic N) is 2. The van der Waals surface area contributed by atoms with Crippen LogP contribution in [0.25, 0.3) is 0 Å². The molecule has 3 heterocycles. The van der Waals surface area contributed by atoms with Crippen molar-refractivity contribution in [3.8, 4) is 0 Å². The van der Waals surface area contributed by atoms with Crippen LogP contribution in [0.1, 0.15) is 50.6 Å². The molecule has 0 spiro atoms. The average Bonchev–Trinajstić information content (AvgIpc) is 3.17. The third-order valence-electron chi connectivity index (χ3n) is 6.75. The summed E-state index contributed by atoms with van der Waals surface area (Å²) in [6.45, 7) is 7.47. The number of hydrogen-bond donors (Lipinski definition) is 2. The fourth-order valence-corrected chi connectivity index (χ4v) is 5.15. The van der Waals surface area contributed by atoms with E-state index in [0.29, 0.717) is 24.2 Å². The molecule has 4 unspecified atom stereocenters. The molecule has 1 aliphatic carbocycles. The van der Waals surface area contributed by atoms with Crippen LogP contribution in [0.15, 0.2) is 24.5 Å². The van der Waals surface area contributed by atoms with Gasteiger partial charge >= 0.3 is 0 Å². The highest BCUT2D eigenvalue weighted by atomic mass is 16.5. The van der Waals surface area contributed by atoms with Gasteiger partial charge in [-0.15, -0.1) is 0 Å². The highest BCUT2D eigenvalue weighted by Gasteiger charge is 2.36. The van der Waals surface area contributed by atoms with Crippen molar-refractivity contribution in [1.29, 1.82) is 0 Å². The third kappa shape index (κ3) is 4.28. The maximum absolute atomic E-state index is 5.71. The largest absolute Gasteiger partial charge is 0.379 e. The van der Waals surface area contributed by atoms with Gasteiger partial charge in [0.2, 0.25) is 0 Å². The first kappa shape index (κ1) is 18.4. The van der Waals surface area contributed by atoms with Crippen LogP contribution in [0.2, 0.25) is 0 Å². The van der Waals surface area contributed by atoms with E-state index < -0.39 is 0 Å². The Hall–Kier alpha value is -1.01. The van der Waals surface area contributed by atoms with E-state index >= 15 is 0 Å². The number of nitrogens with one attached hydrogen (secondary N) is 2. The van der Waals surface area contributed by atoms with Gasteiger partial charge < -0.3 is 15.4 Å². The molecule has 4 atom stereocenters. The van der Waals surface area contributed by atoms with Crippen molar-refractivity contribution < 1.29 is 4.74 Å². The number of rotatable bonds is 5. The molecule has 5 heteroatoms. The average molecular weight is 359 g/mol. The molecule has 1 aromatic heterocycles. The smallest absolute Gasteiger partial charge is 0.0623 e. The Balaban J connectivity index is 1.27. The van der Waals surface area contributed by atoms with E-state index in [1.54, 1.807) is 0 Å². The molecule has 4 rings (SSSR count). The predicted octanol–water partition coefficient (Wildman–Crippen LogP) is 2.35. The Morgan fingerprint density at radius 1 is 1.19 bits per heavy atom. The van der Waals surface area contributed by atoms with Crippen molar-refractivity contribution in [1.82, 2.24) is 20.5 Å². The van der Waals surface area contributed by atoms with Crippen molar-refractivity contribution in [2.45, 2.75) is 63.2 Å². The zero-order chi connectivity index (χ0) is 17.8. The summed E-state index contributed by atoms with van der Waals surface area (Å²) >= 11 is 0. The molecule has 1 aromatic rings. The second-order valence-electron chi connectivity index (χ2n) is 8.27. The summed E-state index contributed by atoms with van der Waals surface area (Å²) in [4.78, 5) is 6.77. The van der Waals surface area contributed by atoms with E-state index in [-0.39, 0.29) is 0 Å². The van der Waals surface area contributed by atoms with Crippen LogP contribution in [0.4, 0.5) is 0 Å². The highest BCUT2D eigenvalue weighted by molar-refractivity contribution is 5.14. The van der Waals surface area contributed by atoms with Crippen LogP contribution in [0.5, 0.6) is 0 Å². The zero-order valence-electron chi connectivity index (χ0n) is 16.1. The minimum Gasteiger partial charge on any atom is -0.379 e. The van der Waals surface area contributed by atoms with Gasteiger partial charge in [-0.25, -0.2) is 0 Å². The molecule has 26 heavy (non-hydrogen) atoms. The van der Waals surface area contributed by atoms with Gasteiger partial charge in [0, 0.05) is 56.2 Å². The number of ether oxygens (including phenoxy) is 1. The first-order chi connectivity index (χ1) is 12.8. The molecule has 3 fully saturated rings. The van der Waals surface area contributed by atoms with Gasteiger partial charge in [-0.3, -0.25) is 9.88 Å². The van der Waals surface area contributed by atoms with Gasteiger partial charge in [-0.2, -0.15) is 0 Å². The minimum absolute atomic E-state index is 0.488. The Morgan fingerprint density at radius 2 is 2.00 bits per heavy atom. The predicted molar refractivity (Wildman–Crippen MR) is 104 cm³/mol. The summed E-state index contributed by atoms with van der Waals surface area (Å²) < 4.78 is 5.71. The van der Waals surface area contributed by atoms with E-state index in [1.165, 1.54) is 50.8 Å². The van der Waals surface area contributed by atoms with Gasteiger partial charge in [0.1, 0.15) is 0 Å². The van der Waals surface area contributed by atoms with Crippen LogP contribution in [-0.2, 0) is 4.74 Å². The number of pyridine rings is 1. The third-order valence-corrected chi connectivity index (χ3v) is 6.75. The second-order valence-corrected chi connectivity index (χ2v) is 8.27. The Morgan fingerprint density at radius 3 is 2.73 bits per heavy atom. The number of hydrogen-bond acceptors (Lipinski definition) is 5. The van der Waals surface area contributed by atoms with Gasteiger partial charge in [-0.05, 0) is 56.2 Å². The molecule has 5 nitrogen and oxygen atoms in total. The quantitative estimate of drug-likeness (QED) is 0.846. The van der Waals surface area contributed by atoms with E-state index in [0.717, 1.165) is 25.7 Å². The number of morpholine rings is 1. The fraction of sp³-hybridized carbons (Fsp3) is 0.762. The van der Waals surface area contributed by atoms with E-state index in [9.17, 15) is 0 Å². The summed E-state index contributed by atoms with van der Waals surface area (Å²) in [5.74, 6) is 0.740. The Bertz CT molecular complexity index is 540.